The average Bonchev–Trinajstić information content (AvgIpc) is 2.48. The zero-order valence-electron chi connectivity index (χ0n) is 7.46. The number of hydrogen-bond acceptors (Lipinski definition) is 2. The van der Waals surface area contributed by atoms with E-state index in [0.29, 0.717) is 10.0 Å². The first-order chi connectivity index (χ1) is 6.61. The minimum Gasteiger partial charge on any atom is -0.478 e. The first kappa shape index (κ1) is 9.68. The highest BCUT2D eigenvalue weighted by molar-refractivity contribution is 9.10. The van der Waals surface area contributed by atoms with Crippen molar-refractivity contribution in [1.29, 1.82) is 0 Å². The molecule has 0 bridgehead atoms. The predicted molar refractivity (Wildman–Crippen MR) is 56.4 cm³/mol. The molecule has 1 aromatic rings. The summed E-state index contributed by atoms with van der Waals surface area (Å²) in [4.78, 5) is 10.9. The van der Waals surface area contributed by atoms with Crippen molar-refractivity contribution in [2.45, 2.75) is 18.9 Å². The fourth-order valence-electron chi connectivity index (χ4n) is 1.87. The summed E-state index contributed by atoms with van der Waals surface area (Å²) in [5, 5.41) is 8.91. The Morgan fingerprint density at radius 2 is 2.29 bits per heavy atom. The van der Waals surface area contributed by atoms with Gasteiger partial charge in [-0.3, -0.25) is 0 Å². The van der Waals surface area contributed by atoms with Crippen molar-refractivity contribution in [2.24, 2.45) is 5.73 Å². The maximum absolute atomic E-state index is 10.9. The summed E-state index contributed by atoms with van der Waals surface area (Å²) in [6.07, 6.45) is 1.84. The number of carboxylic acid groups (broad SMARTS) is 1. The van der Waals surface area contributed by atoms with Gasteiger partial charge in [-0.1, -0.05) is 6.07 Å². The molecule has 1 aliphatic carbocycles. The van der Waals surface area contributed by atoms with E-state index in [1.807, 2.05) is 6.07 Å². The van der Waals surface area contributed by atoms with E-state index in [-0.39, 0.29) is 6.04 Å². The third kappa shape index (κ3) is 1.35. The summed E-state index contributed by atoms with van der Waals surface area (Å²) in [7, 11) is 0. The monoisotopic (exact) mass is 255 g/mol. The highest BCUT2D eigenvalue weighted by Crippen LogP contribution is 2.36. The van der Waals surface area contributed by atoms with E-state index in [0.717, 1.165) is 24.0 Å². The molecule has 0 amide bonds. The molecule has 0 saturated heterocycles. The number of aryl methyl sites for hydroxylation is 1. The molecule has 0 aliphatic heterocycles. The quantitative estimate of drug-likeness (QED) is 0.808. The maximum atomic E-state index is 10.9. The number of hydrogen-bond donors (Lipinski definition) is 2. The lowest BCUT2D eigenvalue weighted by molar-refractivity contribution is 0.0696. The number of carboxylic acids is 1. The first-order valence-electron chi connectivity index (χ1n) is 4.41. The van der Waals surface area contributed by atoms with Crippen LogP contribution in [0, 0.1) is 0 Å². The van der Waals surface area contributed by atoms with E-state index in [1.165, 1.54) is 0 Å². The van der Waals surface area contributed by atoms with Gasteiger partial charge < -0.3 is 10.8 Å². The van der Waals surface area contributed by atoms with Gasteiger partial charge in [0.25, 0.3) is 0 Å². The van der Waals surface area contributed by atoms with Crippen LogP contribution in [-0.4, -0.2) is 11.1 Å². The summed E-state index contributed by atoms with van der Waals surface area (Å²) >= 11 is 3.31. The van der Waals surface area contributed by atoms with E-state index in [1.54, 1.807) is 6.07 Å². The molecule has 0 unspecified atom stereocenters. The minimum absolute atomic E-state index is 0.0290. The average molecular weight is 256 g/mol. The number of fused-ring (bicyclic) bond motifs is 1. The molecule has 1 aliphatic rings. The van der Waals surface area contributed by atoms with Crippen molar-refractivity contribution in [2.75, 3.05) is 0 Å². The molecule has 1 aromatic carbocycles. The molecule has 4 heteroatoms. The van der Waals surface area contributed by atoms with Crippen LogP contribution in [0.15, 0.2) is 16.6 Å². The van der Waals surface area contributed by atoms with E-state index in [9.17, 15) is 4.79 Å². The van der Waals surface area contributed by atoms with Gasteiger partial charge in [0, 0.05) is 10.5 Å². The second-order valence-electron chi connectivity index (χ2n) is 3.45. The molecule has 74 valence electrons. The van der Waals surface area contributed by atoms with Crippen LogP contribution in [0.5, 0.6) is 0 Å². The molecule has 1 atom stereocenters. The Balaban J connectivity index is 2.61. The van der Waals surface area contributed by atoms with Gasteiger partial charge in [0.05, 0.1) is 5.56 Å². The highest BCUT2D eigenvalue weighted by atomic mass is 79.9. The van der Waals surface area contributed by atoms with Crippen LogP contribution < -0.4 is 5.73 Å². The molecule has 0 fully saturated rings. The van der Waals surface area contributed by atoms with Gasteiger partial charge in [-0.15, -0.1) is 0 Å². The minimum atomic E-state index is -0.918. The number of aromatic carboxylic acids is 1. The molecule has 0 spiro atoms. The van der Waals surface area contributed by atoms with Gasteiger partial charge in [-0.2, -0.15) is 0 Å². The van der Waals surface area contributed by atoms with Crippen molar-refractivity contribution in [1.82, 2.24) is 0 Å². The summed E-state index contributed by atoms with van der Waals surface area (Å²) in [6.45, 7) is 0. The highest BCUT2D eigenvalue weighted by Gasteiger charge is 2.24. The Labute approximate surface area is 90.0 Å². The van der Waals surface area contributed by atoms with Crippen LogP contribution in [0.3, 0.4) is 0 Å². The third-order valence-corrected chi connectivity index (χ3v) is 3.45. The van der Waals surface area contributed by atoms with Crippen molar-refractivity contribution < 1.29 is 9.90 Å². The van der Waals surface area contributed by atoms with Gasteiger partial charge in [0.1, 0.15) is 0 Å². The SMILES string of the molecule is N[C@@H]1CCc2ccc(C(=O)O)c(Br)c21. The number of rotatable bonds is 1. The van der Waals surface area contributed by atoms with Crippen LogP contribution >= 0.6 is 15.9 Å². The molecule has 0 aromatic heterocycles. The first-order valence-corrected chi connectivity index (χ1v) is 5.20. The van der Waals surface area contributed by atoms with Crippen LogP contribution in [0.2, 0.25) is 0 Å². The third-order valence-electron chi connectivity index (χ3n) is 2.60. The molecule has 2 rings (SSSR count). The van der Waals surface area contributed by atoms with Crippen molar-refractivity contribution in [3.8, 4) is 0 Å². The van der Waals surface area contributed by atoms with Crippen LogP contribution in [-0.2, 0) is 6.42 Å². The van der Waals surface area contributed by atoms with Crippen molar-refractivity contribution in [3.63, 3.8) is 0 Å². The molecule has 0 saturated carbocycles. The lowest BCUT2D eigenvalue weighted by Gasteiger charge is -2.09. The van der Waals surface area contributed by atoms with Crippen molar-refractivity contribution in [3.05, 3.63) is 33.3 Å². The second-order valence-corrected chi connectivity index (χ2v) is 4.24. The van der Waals surface area contributed by atoms with Gasteiger partial charge in [0.2, 0.25) is 0 Å². The summed E-state index contributed by atoms with van der Waals surface area (Å²) in [5.41, 5.74) is 8.31. The maximum Gasteiger partial charge on any atom is 0.336 e. The van der Waals surface area contributed by atoms with Crippen LogP contribution in [0.1, 0.15) is 33.9 Å². The molecule has 3 nitrogen and oxygen atoms in total. The van der Waals surface area contributed by atoms with Gasteiger partial charge in [-0.05, 0) is 46.0 Å². The largest absolute Gasteiger partial charge is 0.478 e. The molecule has 0 heterocycles. The normalized spacial score (nSPS) is 19.4. The van der Waals surface area contributed by atoms with Gasteiger partial charge in [-0.25, -0.2) is 4.79 Å². The number of nitrogens with two attached hydrogens (primary N) is 1. The molecular formula is C10H10BrNO2. The van der Waals surface area contributed by atoms with Crippen LogP contribution in [0.25, 0.3) is 0 Å². The molecule has 14 heavy (non-hydrogen) atoms. The smallest absolute Gasteiger partial charge is 0.336 e. The summed E-state index contributed by atoms with van der Waals surface area (Å²) < 4.78 is 0.646. The second kappa shape index (κ2) is 3.37. The number of halogens is 1. The topological polar surface area (TPSA) is 63.3 Å². The summed E-state index contributed by atoms with van der Waals surface area (Å²) in [5.74, 6) is -0.918. The Morgan fingerprint density at radius 1 is 1.57 bits per heavy atom. The Morgan fingerprint density at radius 3 is 2.93 bits per heavy atom. The molecular weight excluding hydrogens is 246 g/mol. The van der Waals surface area contributed by atoms with Crippen LogP contribution in [0.4, 0.5) is 0 Å². The van der Waals surface area contributed by atoms with Crippen molar-refractivity contribution >= 4 is 21.9 Å². The zero-order chi connectivity index (χ0) is 10.3. The van der Waals surface area contributed by atoms with E-state index >= 15 is 0 Å². The predicted octanol–water partition coefficient (Wildman–Crippen LogP) is 2.09. The van der Waals surface area contributed by atoms with E-state index < -0.39 is 5.97 Å². The lowest BCUT2D eigenvalue weighted by atomic mass is 10.0. The van der Waals surface area contributed by atoms with E-state index in [4.69, 9.17) is 10.8 Å². The Hall–Kier alpha value is -0.870. The summed E-state index contributed by atoms with van der Waals surface area (Å²) in [6, 6.07) is 3.46. The fraction of sp³-hybridized carbons (Fsp3) is 0.300. The lowest BCUT2D eigenvalue weighted by Crippen LogP contribution is -2.08. The van der Waals surface area contributed by atoms with Gasteiger partial charge >= 0.3 is 5.97 Å². The molecule has 0 radical (unpaired) electrons. The fourth-order valence-corrected chi connectivity index (χ4v) is 2.72. The standard InChI is InChI=1S/C10H10BrNO2/c11-9-6(10(13)14)3-1-5-2-4-7(12)8(5)9/h1,3,7H,2,4,12H2,(H,13,14)/t7-/m1/s1. The zero-order valence-corrected chi connectivity index (χ0v) is 9.04. The van der Waals surface area contributed by atoms with E-state index in [2.05, 4.69) is 15.9 Å². The number of benzene rings is 1. The molecule has 3 N–H and O–H groups in total. The number of carbonyl (C=O) groups is 1. The van der Waals surface area contributed by atoms with Gasteiger partial charge in [0.15, 0.2) is 0 Å². The Bertz CT molecular complexity index is 403. The Kier molecular flexibility index (Phi) is 2.33.